The molecule has 0 N–H and O–H groups in total. The molecule has 0 amide bonds. The van der Waals surface area contributed by atoms with Gasteiger partial charge in [-0.25, -0.2) is 4.39 Å². The van der Waals surface area contributed by atoms with Gasteiger partial charge in [0.15, 0.2) is 0 Å². The van der Waals surface area contributed by atoms with Crippen LogP contribution >= 0.6 is 0 Å². The highest BCUT2D eigenvalue weighted by Crippen LogP contribution is 2.33. The van der Waals surface area contributed by atoms with Gasteiger partial charge in [0, 0.05) is 5.56 Å². The minimum atomic E-state index is -0.277. The molecule has 0 bridgehead atoms. The Morgan fingerprint density at radius 1 is 0.686 bits per heavy atom. The molecular weight excluding hydrogens is 432 g/mol. The first-order valence-corrected chi connectivity index (χ1v) is 11.5. The molecule has 0 fully saturated rings. The summed E-state index contributed by atoms with van der Waals surface area (Å²) in [6, 6.07) is 38.7. The molecule has 0 atom stereocenters. The van der Waals surface area contributed by atoms with E-state index < -0.39 is 0 Å². The molecule has 0 aliphatic rings. The molecule has 0 saturated carbocycles. The van der Waals surface area contributed by atoms with Gasteiger partial charge < -0.3 is 4.74 Å². The van der Waals surface area contributed by atoms with E-state index in [1.807, 2.05) is 42.5 Å². The number of nitrogens with zero attached hydrogens (tertiary/aromatic N) is 1. The zero-order chi connectivity index (χ0) is 24.0. The molecule has 1 heterocycles. The van der Waals surface area contributed by atoms with Crippen LogP contribution in [0.4, 0.5) is 4.39 Å². The van der Waals surface area contributed by atoms with Gasteiger partial charge in [-0.1, -0.05) is 96.5 Å². The molecule has 168 valence electrons. The highest BCUT2D eigenvalue weighted by atomic mass is 19.1. The predicted octanol–water partition coefficient (Wildman–Crippen LogP) is 6.44. The van der Waals surface area contributed by atoms with E-state index in [0.717, 1.165) is 22.5 Å². The molecule has 0 aliphatic carbocycles. The fourth-order valence-electron chi connectivity index (χ4n) is 4.24. The lowest BCUT2D eigenvalue weighted by atomic mass is 9.87. The van der Waals surface area contributed by atoms with Crippen molar-refractivity contribution in [2.75, 3.05) is 0 Å². The molecule has 4 aromatic carbocycles. The summed E-state index contributed by atoms with van der Waals surface area (Å²) < 4.78 is 19.4. The van der Waals surface area contributed by atoms with Crippen molar-refractivity contribution in [3.63, 3.8) is 0 Å². The standard InChI is InChI=1S/C31H23BFNO/c32-27-14-7-13-26(31(27)35-21-22-17-19-25(33)20-18-22)28-15-8-16-29(34-28)30(23-9-3-1-4-10-23)24-11-5-2-6-12-24/h1-20,30H,21H2. The first-order valence-electron chi connectivity index (χ1n) is 11.5. The Morgan fingerprint density at radius 3 is 1.97 bits per heavy atom. The fourth-order valence-corrected chi connectivity index (χ4v) is 4.24. The third kappa shape index (κ3) is 5.17. The second kappa shape index (κ2) is 10.4. The number of pyridine rings is 1. The maximum Gasteiger partial charge on any atom is 0.123 e. The number of halogens is 1. The third-order valence-electron chi connectivity index (χ3n) is 5.95. The van der Waals surface area contributed by atoms with Gasteiger partial charge in [0.25, 0.3) is 0 Å². The van der Waals surface area contributed by atoms with Crippen LogP contribution in [-0.4, -0.2) is 12.8 Å². The number of ether oxygens (including phenoxy) is 1. The molecule has 2 radical (unpaired) electrons. The Balaban J connectivity index is 1.53. The topological polar surface area (TPSA) is 22.1 Å². The van der Waals surface area contributed by atoms with Crippen LogP contribution in [0.1, 0.15) is 28.3 Å². The Hall–Kier alpha value is -4.18. The van der Waals surface area contributed by atoms with E-state index in [1.54, 1.807) is 12.1 Å². The van der Waals surface area contributed by atoms with E-state index in [-0.39, 0.29) is 18.3 Å². The number of benzene rings is 4. The van der Waals surface area contributed by atoms with Crippen molar-refractivity contribution in [1.82, 2.24) is 4.98 Å². The lowest BCUT2D eigenvalue weighted by Gasteiger charge is -2.20. The lowest BCUT2D eigenvalue weighted by molar-refractivity contribution is 0.310. The van der Waals surface area contributed by atoms with Crippen LogP contribution in [0.5, 0.6) is 5.75 Å². The minimum absolute atomic E-state index is 0.0120. The first-order chi connectivity index (χ1) is 17.2. The van der Waals surface area contributed by atoms with Crippen molar-refractivity contribution in [2.45, 2.75) is 12.5 Å². The van der Waals surface area contributed by atoms with Crippen LogP contribution in [0, 0.1) is 5.82 Å². The highest BCUT2D eigenvalue weighted by molar-refractivity contribution is 6.34. The van der Waals surface area contributed by atoms with Gasteiger partial charge in [-0.3, -0.25) is 4.98 Å². The predicted molar refractivity (Wildman–Crippen MR) is 140 cm³/mol. The van der Waals surface area contributed by atoms with Crippen molar-refractivity contribution in [1.29, 1.82) is 0 Å². The van der Waals surface area contributed by atoms with E-state index in [2.05, 4.69) is 54.6 Å². The van der Waals surface area contributed by atoms with Crippen LogP contribution < -0.4 is 10.2 Å². The highest BCUT2D eigenvalue weighted by Gasteiger charge is 2.19. The van der Waals surface area contributed by atoms with E-state index in [4.69, 9.17) is 17.6 Å². The average Bonchev–Trinajstić information content (AvgIpc) is 2.90. The van der Waals surface area contributed by atoms with Crippen LogP contribution in [-0.2, 0) is 6.61 Å². The van der Waals surface area contributed by atoms with Crippen molar-refractivity contribution in [2.24, 2.45) is 0 Å². The summed E-state index contributed by atoms with van der Waals surface area (Å²) in [5, 5.41) is 0. The normalized spacial score (nSPS) is 10.9. The van der Waals surface area contributed by atoms with Crippen molar-refractivity contribution in [3.05, 3.63) is 150 Å². The van der Waals surface area contributed by atoms with Crippen molar-refractivity contribution in [3.8, 4) is 17.0 Å². The molecule has 1 aromatic heterocycles. The summed E-state index contributed by atoms with van der Waals surface area (Å²) in [6.45, 7) is 0.276. The quantitative estimate of drug-likeness (QED) is 0.264. The summed E-state index contributed by atoms with van der Waals surface area (Å²) in [5.41, 5.74) is 6.25. The van der Waals surface area contributed by atoms with Crippen LogP contribution in [0.2, 0.25) is 0 Å². The molecule has 5 aromatic rings. The molecule has 0 unspecified atom stereocenters. The van der Waals surface area contributed by atoms with Gasteiger partial charge in [0.05, 0.1) is 17.3 Å². The monoisotopic (exact) mass is 455 g/mol. The number of rotatable bonds is 7. The third-order valence-corrected chi connectivity index (χ3v) is 5.95. The fraction of sp³-hybridized carbons (Fsp3) is 0.0645. The van der Waals surface area contributed by atoms with Crippen LogP contribution in [0.25, 0.3) is 11.3 Å². The zero-order valence-electron chi connectivity index (χ0n) is 19.1. The average molecular weight is 455 g/mol. The minimum Gasteiger partial charge on any atom is -0.489 e. The maximum atomic E-state index is 13.3. The summed E-state index contributed by atoms with van der Waals surface area (Å²) in [5.74, 6) is 0.278. The van der Waals surface area contributed by atoms with Gasteiger partial charge in [-0.05, 0) is 47.0 Å². The van der Waals surface area contributed by atoms with E-state index in [0.29, 0.717) is 11.2 Å². The Labute approximate surface area is 206 Å². The molecule has 2 nitrogen and oxygen atoms in total. The van der Waals surface area contributed by atoms with Crippen molar-refractivity contribution < 1.29 is 9.13 Å². The molecule has 0 spiro atoms. The molecule has 0 aliphatic heterocycles. The Morgan fingerprint density at radius 2 is 1.31 bits per heavy atom. The van der Waals surface area contributed by atoms with Gasteiger partial charge in [-0.15, -0.1) is 0 Å². The smallest absolute Gasteiger partial charge is 0.123 e. The van der Waals surface area contributed by atoms with Gasteiger partial charge in [0.1, 0.15) is 26.0 Å². The SMILES string of the molecule is [B]c1cccc(-c2cccc(C(c3ccccc3)c3ccccc3)n2)c1OCc1ccc(F)cc1. The van der Waals surface area contributed by atoms with Gasteiger partial charge in [-0.2, -0.15) is 0 Å². The van der Waals surface area contributed by atoms with Crippen LogP contribution in [0.15, 0.2) is 121 Å². The summed E-state index contributed by atoms with van der Waals surface area (Å²) in [6.07, 6.45) is 0. The first kappa shape index (κ1) is 22.6. The van der Waals surface area contributed by atoms with Gasteiger partial charge >= 0.3 is 0 Å². The van der Waals surface area contributed by atoms with Crippen molar-refractivity contribution >= 4 is 13.3 Å². The molecule has 35 heavy (non-hydrogen) atoms. The lowest BCUT2D eigenvalue weighted by Crippen LogP contribution is -2.11. The Bertz CT molecular complexity index is 1370. The number of hydrogen-bond acceptors (Lipinski definition) is 2. The summed E-state index contributed by atoms with van der Waals surface area (Å²) >= 11 is 0. The Kier molecular flexibility index (Phi) is 6.71. The number of para-hydroxylation sites is 1. The van der Waals surface area contributed by atoms with E-state index in [9.17, 15) is 4.39 Å². The largest absolute Gasteiger partial charge is 0.489 e. The molecule has 0 saturated heterocycles. The molecule has 4 heteroatoms. The van der Waals surface area contributed by atoms with Gasteiger partial charge in [0.2, 0.25) is 0 Å². The summed E-state index contributed by atoms with van der Waals surface area (Å²) in [4.78, 5) is 5.08. The second-order valence-electron chi connectivity index (χ2n) is 8.34. The van der Waals surface area contributed by atoms with E-state index >= 15 is 0 Å². The second-order valence-corrected chi connectivity index (χ2v) is 8.34. The number of aromatic nitrogens is 1. The van der Waals surface area contributed by atoms with Crippen LogP contribution in [0.3, 0.4) is 0 Å². The molecular formula is C31H23BFNO. The maximum absolute atomic E-state index is 13.3. The summed E-state index contributed by atoms with van der Waals surface area (Å²) in [7, 11) is 6.31. The number of hydrogen-bond donors (Lipinski definition) is 0. The van der Waals surface area contributed by atoms with E-state index in [1.165, 1.54) is 23.3 Å². The molecule has 5 rings (SSSR count). The zero-order valence-corrected chi connectivity index (χ0v) is 19.1.